The standard InChI is InChI=1S/C15H25N3O2S/c1-17-11-15(9-14(17)10-16-12-7-8-12)21(19,20)18(2)13-5-3-4-6-13/h9,11-13,16H,3-8,10H2,1-2H3. The lowest BCUT2D eigenvalue weighted by atomic mass is 10.3. The van der Waals surface area contributed by atoms with Crippen LogP contribution in [-0.2, 0) is 23.6 Å². The minimum Gasteiger partial charge on any atom is -0.352 e. The Morgan fingerprint density at radius 1 is 1.29 bits per heavy atom. The first-order chi connectivity index (χ1) is 9.98. The van der Waals surface area contributed by atoms with Crippen LogP contribution in [0.4, 0.5) is 0 Å². The first-order valence-electron chi connectivity index (χ1n) is 7.85. The van der Waals surface area contributed by atoms with Crippen molar-refractivity contribution in [2.75, 3.05) is 7.05 Å². The largest absolute Gasteiger partial charge is 0.352 e. The summed E-state index contributed by atoms with van der Waals surface area (Å²) in [6.45, 7) is 0.740. The number of rotatable bonds is 6. The molecular weight excluding hydrogens is 286 g/mol. The van der Waals surface area contributed by atoms with Crippen LogP contribution in [-0.4, -0.2) is 36.4 Å². The highest BCUT2D eigenvalue weighted by Crippen LogP contribution is 2.28. The van der Waals surface area contributed by atoms with Crippen LogP contribution in [0.25, 0.3) is 0 Å². The van der Waals surface area contributed by atoms with E-state index in [0.717, 1.165) is 37.9 Å². The van der Waals surface area contributed by atoms with Crippen LogP contribution in [0.3, 0.4) is 0 Å². The molecule has 0 unspecified atom stereocenters. The average molecular weight is 311 g/mol. The predicted molar refractivity (Wildman–Crippen MR) is 82.5 cm³/mol. The quantitative estimate of drug-likeness (QED) is 0.872. The molecule has 21 heavy (non-hydrogen) atoms. The van der Waals surface area contributed by atoms with Crippen molar-refractivity contribution in [2.45, 2.75) is 62.0 Å². The lowest BCUT2D eigenvalue weighted by Gasteiger charge is -2.22. The average Bonchev–Trinajstić information content (AvgIpc) is 2.98. The second-order valence-electron chi connectivity index (χ2n) is 6.39. The third kappa shape index (κ3) is 3.17. The molecule has 0 radical (unpaired) electrons. The summed E-state index contributed by atoms with van der Waals surface area (Å²) in [4.78, 5) is 0.423. The highest BCUT2D eigenvalue weighted by Gasteiger charge is 2.31. The van der Waals surface area contributed by atoms with Gasteiger partial charge in [-0.25, -0.2) is 8.42 Å². The Balaban J connectivity index is 1.76. The summed E-state index contributed by atoms with van der Waals surface area (Å²) >= 11 is 0. The van der Waals surface area contributed by atoms with E-state index < -0.39 is 10.0 Å². The number of nitrogens with zero attached hydrogens (tertiary/aromatic N) is 2. The van der Waals surface area contributed by atoms with Crippen LogP contribution >= 0.6 is 0 Å². The van der Waals surface area contributed by atoms with Gasteiger partial charge in [-0.05, 0) is 31.7 Å². The minimum absolute atomic E-state index is 0.170. The number of aromatic nitrogens is 1. The molecule has 1 aromatic rings. The van der Waals surface area contributed by atoms with Gasteiger partial charge in [-0.15, -0.1) is 0 Å². The van der Waals surface area contributed by atoms with Gasteiger partial charge in [0.25, 0.3) is 0 Å². The summed E-state index contributed by atoms with van der Waals surface area (Å²) in [5.41, 5.74) is 1.03. The fraction of sp³-hybridized carbons (Fsp3) is 0.733. The van der Waals surface area contributed by atoms with E-state index in [-0.39, 0.29) is 6.04 Å². The van der Waals surface area contributed by atoms with Gasteiger partial charge in [0.1, 0.15) is 4.90 Å². The van der Waals surface area contributed by atoms with Crippen molar-refractivity contribution in [3.05, 3.63) is 18.0 Å². The molecule has 2 fully saturated rings. The smallest absolute Gasteiger partial charge is 0.244 e. The Bertz CT molecular complexity index is 598. The van der Waals surface area contributed by atoms with E-state index in [1.54, 1.807) is 17.5 Å². The van der Waals surface area contributed by atoms with Gasteiger partial charge in [-0.3, -0.25) is 0 Å². The highest BCUT2D eigenvalue weighted by atomic mass is 32.2. The molecule has 0 atom stereocenters. The van der Waals surface area contributed by atoms with Gasteiger partial charge in [-0.1, -0.05) is 12.8 Å². The number of nitrogens with one attached hydrogen (secondary N) is 1. The molecule has 5 nitrogen and oxygen atoms in total. The van der Waals surface area contributed by atoms with Crippen molar-refractivity contribution in [3.63, 3.8) is 0 Å². The van der Waals surface area contributed by atoms with Crippen LogP contribution in [0.1, 0.15) is 44.2 Å². The number of hydrogen-bond acceptors (Lipinski definition) is 3. The second-order valence-corrected chi connectivity index (χ2v) is 8.39. The van der Waals surface area contributed by atoms with E-state index in [0.29, 0.717) is 10.9 Å². The minimum atomic E-state index is -3.36. The van der Waals surface area contributed by atoms with Gasteiger partial charge in [0, 0.05) is 44.6 Å². The molecule has 0 amide bonds. The van der Waals surface area contributed by atoms with E-state index in [1.165, 1.54) is 12.8 Å². The maximum absolute atomic E-state index is 12.7. The zero-order chi connectivity index (χ0) is 15.0. The van der Waals surface area contributed by atoms with Gasteiger partial charge in [0.2, 0.25) is 10.0 Å². The Hall–Kier alpha value is -0.850. The molecule has 118 valence electrons. The zero-order valence-electron chi connectivity index (χ0n) is 12.9. The van der Waals surface area contributed by atoms with Crippen molar-refractivity contribution in [1.29, 1.82) is 0 Å². The monoisotopic (exact) mass is 311 g/mol. The van der Waals surface area contributed by atoms with E-state index >= 15 is 0 Å². The molecular formula is C15H25N3O2S. The van der Waals surface area contributed by atoms with Crippen LogP contribution in [0.2, 0.25) is 0 Å². The Kier molecular flexibility index (Phi) is 4.12. The van der Waals surface area contributed by atoms with E-state index in [2.05, 4.69) is 5.32 Å². The topological polar surface area (TPSA) is 54.3 Å². The van der Waals surface area contributed by atoms with Crippen molar-refractivity contribution >= 4 is 10.0 Å². The normalized spacial score (nSPS) is 20.5. The molecule has 0 aliphatic heterocycles. The Morgan fingerprint density at radius 2 is 1.95 bits per heavy atom. The fourth-order valence-corrected chi connectivity index (χ4v) is 4.57. The molecule has 2 saturated carbocycles. The van der Waals surface area contributed by atoms with Crippen molar-refractivity contribution in [3.8, 4) is 0 Å². The van der Waals surface area contributed by atoms with Crippen LogP contribution in [0.5, 0.6) is 0 Å². The highest BCUT2D eigenvalue weighted by molar-refractivity contribution is 7.89. The van der Waals surface area contributed by atoms with Crippen molar-refractivity contribution in [2.24, 2.45) is 7.05 Å². The first-order valence-corrected chi connectivity index (χ1v) is 9.29. The summed E-state index contributed by atoms with van der Waals surface area (Å²) in [6.07, 6.45) is 8.45. The summed E-state index contributed by atoms with van der Waals surface area (Å²) in [7, 11) is 0.276. The molecule has 0 spiro atoms. The third-order valence-electron chi connectivity index (χ3n) is 4.75. The van der Waals surface area contributed by atoms with Gasteiger partial charge < -0.3 is 9.88 Å². The summed E-state index contributed by atoms with van der Waals surface area (Å²) in [5, 5.41) is 3.43. The molecule has 0 aromatic carbocycles. The van der Waals surface area contributed by atoms with Crippen LogP contribution < -0.4 is 5.32 Å². The molecule has 1 aromatic heterocycles. The summed E-state index contributed by atoms with van der Waals surface area (Å²) < 4.78 is 29.0. The fourth-order valence-electron chi connectivity index (χ4n) is 3.06. The van der Waals surface area contributed by atoms with Gasteiger partial charge in [0.05, 0.1) is 0 Å². The SMILES string of the molecule is CN(C1CCCC1)S(=O)(=O)c1cc(CNC2CC2)n(C)c1. The molecule has 0 bridgehead atoms. The van der Waals surface area contributed by atoms with E-state index in [9.17, 15) is 8.42 Å². The van der Waals surface area contributed by atoms with Gasteiger partial charge in [0.15, 0.2) is 0 Å². The summed E-state index contributed by atoms with van der Waals surface area (Å²) in [5.74, 6) is 0. The predicted octanol–water partition coefficient (Wildman–Crippen LogP) is 1.84. The first kappa shape index (κ1) is 15.1. The Morgan fingerprint density at radius 3 is 2.57 bits per heavy atom. The number of hydrogen-bond donors (Lipinski definition) is 1. The van der Waals surface area contributed by atoms with E-state index in [4.69, 9.17) is 0 Å². The van der Waals surface area contributed by atoms with Crippen LogP contribution in [0.15, 0.2) is 17.2 Å². The van der Waals surface area contributed by atoms with Gasteiger partial charge >= 0.3 is 0 Å². The van der Waals surface area contributed by atoms with Crippen LogP contribution in [0, 0.1) is 0 Å². The number of sulfonamides is 1. The van der Waals surface area contributed by atoms with E-state index in [1.807, 2.05) is 17.7 Å². The van der Waals surface area contributed by atoms with Crippen molar-refractivity contribution in [1.82, 2.24) is 14.2 Å². The molecule has 6 heteroatoms. The molecule has 1 N–H and O–H groups in total. The molecule has 2 aliphatic carbocycles. The lowest BCUT2D eigenvalue weighted by Crippen LogP contribution is -2.35. The third-order valence-corrected chi connectivity index (χ3v) is 6.62. The van der Waals surface area contributed by atoms with Gasteiger partial charge in [-0.2, -0.15) is 4.31 Å². The maximum Gasteiger partial charge on any atom is 0.244 e. The lowest BCUT2D eigenvalue weighted by molar-refractivity contribution is 0.373. The zero-order valence-corrected chi connectivity index (χ0v) is 13.7. The second kappa shape index (κ2) is 5.74. The van der Waals surface area contributed by atoms with Crippen molar-refractivity contribution < 1.29 is 8.42 Å². The summed E-state index contributed by atoms with van der Waals surface area (Å²) in [6, 6.07) is 2.61. The number of aryl methyl sites for hydroxylation is 1. The Labute approximate surface area is 127 Å². The molecule has 1 heterocycles. The molecule has 0 saturated heterocycles. The maximum atomic E-state index is 12.7. The molecule has 3 rings (SSSR count). The molecule has 2 aliphatic rings.